The number of nitrogens with one attached hydrogen (secondary N) is 2. The van der Waals surface area contributed by atoms with Crippen LogP contribution >= 0.6 is 0 Å². The Kier molecular flexibility index (Phi) is 5.40. The molecule has 0 radical (unpaired) electrons. The maximum atomic E-state index is 11.4. The fourth-order valence-corrected chi connectivity index (χ4v) is 1.67. The van der Waals surface area contributed by atoms with E-state index in [1.807, 2.05) is 33.2 Å². The third-order valence-electron chi connectivity index (χ3n) is 2.48. The third kappa shape index (κ3) is 4.60. The molecular formula is C13H20N4O. The minimum atomic E-state index is 0.0586. The van der Waals surface area contributed by atoms with Crippen LogP contribution in [0.15, 0.2) is 12.3 Å². The zero-order chi connectivity index (χ0) is 13.5. The summed E-state index contributed by atoms with van der Waals surface area (Å²) < 4.78 is 1.79. The van der Waals surface area contributed by atoms with Crippen LogP contribution in [-0.2, 0) is 18.4 Å². The first kappa shape index (κ1) is 14.3. The summed E-state index contributed by atoms with van der Waals surface area (Å²) in [5.74, 6) is 0.0586. The second-order valence-electron chi connectivity index (χ2n) is 4.61. The lowest BCUT2D eigenvalue weighted by molar-refractivity contribution is -0.121. The summed E-state index contributed by atoms with van der Waals surface area (Å²) in [6.45, 7) is 5.19. The lowest BCUT2D eigenvalue weighted by Gasteiger charge is -2.08. The normalized spacial score (nSPS) is 10.4. The van der Waals surface area contributed by atoms with Gasteiger partial charge < -0.3 is 15.2 Å². The highest BCUT2D eigenvalue weighted by molar-refractivity contribution is 5.76. The van der Waals surface area contributed by atoms with Gasteiger partial charge in [0.15, 0.2) is 0 Å². The second-order valence-corrected chi connectivity index (χ2v) is 4.61. The van der Waals surface area contributed by atoms with E-state index in [4.69, 9.17) is 5.26 Å². The van der Waals surface area contributed by atoms with Gasteiger partial charge in [0, 0.05) is 38.8 Å². The molecule has 0 fully saturated rings. The average molecular weight is 248 g/mol. The highest BCUT2D eigenvalue weighted by Gasteiger charge is 2.04. The minimum absolute atomic E-state index is 0.0586. The highest BCUT2D eigenvalue weighted by atomic mass is 16.1. The van der Waals surface area contributed by atoms with E-state index in [9.17, 15) is 4.79 Å². The smallest absolute Gasteiger partial charge is 0.221 e. The van der Waals surface area contributed by atoms with Crippen LogP contribution in [0.2, 0.25) is 0 Å². The molecule has 0 bridgehead atoms. The van der Waals surface area contributed by atoms with E-state index < -0.39 is 0 Å². The summed E-state index contributed by atoms with van der Waals surface area (Å²) in [4.78, 5) is 11.4. The molecule has 5 nitrogen and oxygen atoms in total. The quantitative estimate of drug-likeness (QED) is 0.735. The van der Waals surface area contributed by atoms with Gasteiger partial charge >= 0.3 is 0 Å². The number of aromatic nitrogens is 1. The minimum Gasteiger partial charge on any atom is -0.354 e. The van der Waals surface area contributed by atoms with Crippen molar-refractivity contribution in [3.8, 4) is 6.07 Å². The van der Waals surface area contributed by atoms with E-state index >= 15 is 0 Å². The standard InChI is InChI=1S/C13H20N4O/c1-10(2)16-13(18)4-5-15-8-11-6-12(7-14)17(3)9-11/h6,9-10,15H,4-5,8H2,1-3H3,(H,16,18). The van der Waals surface area contributed by atoms with Crippen LogP contribution in [0.25, 0.3) is 0 Å². The number of carbonyl (C=O) groups excluding carboxylic acids is 1. The molecule has 0 aliphatic heterocycles. The molecule has 2 N–H and O–H groups in total. The summed E-state index contributed by atoms with van der Waals surface area (Å²) in [5, 5.41) is 14.8. The van der Waals surface area contributed by atoms with Gasteiger partial charge in [-0.25, -0.2) is 0 Å². The maximum absolute atomic E-state index is 11.4. The predicted molar refractivity (Wildman–Crippen MR) is 69.7 cm³/mol. The Balaban J connectivity index is 2.26. The van der Waals surface area contributed by atoms with Crippen LogP contribution in [0.3, 0.4) is 0 Å². The van der Waals surface area contributed by atoms with E-state index in [0.29, 0.717) is 25.2 Å². The molecule has 1 amide bonds. The fourth-order valence-electron chi connectivity index (χ4n) is 1.67. The summed E-state index contributed by atoms with van der Waals surface area (Å²) in [7, 11) is 1.85. The Bertz CT molecular complexity index is 442. The van der Waals surface area contributed by atoms with Crippen LogP contribution in [0.5, 0.6) is 0 Å². The van der Waals surface area contributed by atoms with Crippen molar-refractivity contribution >= 4 is 5.91 Å². The van der Waals surface area contributed by atoms with Crippen LogP contribution in [0.1, 0.15) is 31.5 Å². The van der Waals surface area contributed by atoms with Crippen LogP contribution in [-0.4, -0.2) is 23.1 Å². The number of rotatable bonds is 6. The Labute approximate surface area is 108 Å². The second kappa shape index (κ2) is 6.82. The van der Waals surface area contributed by atoms with Crippen LogP contribution in [0.4, 0.5) is 0 Å². The molecule has 0 aromatic carbocycles. The Morgan fingerprint density at radius 1 is 1.56 bits per heavy atom. The van der Waals surface area contributed by atoms with Gasteiger partial charge in [0.2, 0.25) is 5.91 Å². The molecule has 0 atom stereocenters. The summed E-state index contributed by atoms with van der Waals surface area (Å²) in [6.07, 6.45) is 2.38. The van der Waals surface area contributed by atoms with Gasteiger partial charge in [0.1, 0.15) is 11.8 Å². The molecule has 5 heteroatoms. The first-order valence-corrected chi connectivity index (χ1v) is 6.08. The lowest BCUT2D eigenvalue weighted by atomic mass is 10.3. The Morgan fingerprint density at radius 3 is 2.83 bits per heavy atom. The van der Waals surface area contributed by atoms with Gasteiger partial charge in [-0.2, -0.15) is 5.26 Å². The monoisotopic (exact) mass is 248 g/mol. The number of aryl methyl sites for hydroxylation is 1. The van der Waals surface area contributed by atoms with Crippen molar-refractivity contribution in [1.82, 2.24) is 15.2 Å². The molecule has 98 valence electrons. The number of hydrogen-bond acceptors (Lipinski definition) is 3. The lowest BCUT2D eigenvalue weighted by Crippen LogP contribution is -2.32. The predicted octanol–water partition coefficient (Wildman–Crippen LogP) is 0.901. The fraction of sp³-hybridized carbons (Fsp3) is 0.538. The van der Waals surface area contributed by atoms with E-state index in [-0.39, 0.29) is 11.9 Å². The third-order valence-corrected chi connectivity index (χ3v) is 2.48. The van der Waals surface area contributed by atoms with Crippen molar-refractivity contribution in [3.05, 3.63) is 23.5 Å². The molecule has 18 heavy (non-hydrogen) atoms. The molecule has 1 aromatic heterocycles. The zero-order valence-corrected chi connectivity index (χ0v) is 11.2. The first-order valence-electron chi connectivity index (χ1n) is 6.08. The van der Waals surface area contributed by atoms with Crippen molar-refractivity contribution in [2.24, 2.45) is 7.05 Å². The Hall–Kier alpha value is -1.80. The molecule has 1 aromatic rings. The van der Waals surface area contributed by atoms with Gasteiger partial charge in [-0.15, -0.1) is 0 Å². The van der Waals surface area contributed by atoms with E-state index in [1.54, 1.807) is 4.57 Å². The number of hydrogen-bond donors (Lipinski definition) is 2. The topological polar surface area (TPSA) is 69.8 Å². The van der Waals surface area contributed by atoms with Crippen molar-refractivity contribution in [2.75, 3.05) is 6.54 Å². The number of nitrogens with zero attached hydrogens (tertiary/aromatic N) is 2. The molecule has 0 unspecified atom stereocenters. The maximum Gasteiger partial charge on any atom is 0.221 e. The molecule has 0 saturated heterocycles. The van der Waals surface area contributed by atoms with Gasteiger partial charge in [-0.3, -0.25) is 4.79 Å². The highest BCUT2D eigenvalue weighted by Crippen LogP contribution is 2.05. The molecule has 0 saturated carbocycles. The van der Waals surface area contributed by atoms with E-state index in [1.165, 1.54) is 0 Å². The summed E-state index contributed by atoms with van der Waals surface area (Å²) in [5.41, 5.74) is 1.70. The molecule has 1 heterocycles. The number of carbonyl (C=O) groups is 1. The van der Waals surface area contributed by atoms with Crippen molar-refractivity contribution in [2.45, 2.75) is 32.9 Å². The summed E-state index contributed by atoms with van der Waals surface area (Å²) in [6, 6.07) is 4.15. The van der Waals surface area contributed by atoms with Crippen LogP contribution in [0, 0.1) is 11.3 Å². The van der Waals surface area contributed by atoms with Gasteiger partial charge in [-0.05, 0) is 25.5 Å². The molecule has 0 aliphatic rings. The molecule has 1 rings (SSSR count). The average Bonchev–Trinajstić information content (AvgIpc) is 2.64. The SMILES string of the molecule is CC(C)NC(=O)CCNCc1cc(C#N)n(C)c1. The summed E-state index contributed by atoms with van der Waals surface area (Å²) >= 11 is 0. The largest absolute Gasteiger partial charge is 0.354 e. The van der Waals surface area contributed by atoms with E-state index in [2.05, 4.69) is 16.7 Å². The number of amides is 1. The first-order chi connectivity index (χ1) is 8.52. The van der Waals surface area contributed by atoms with Crippen molar-refractivity contribution < 1.29 is 4.79 Å². The molecular weight excluding hydrogens is 228 g/mol. The zero-order valence-electron chi connectivity index (χ0n) is 11.2. The van der Waals surface area contributed by atoms with Gasteiger partial charge in [0.25, 0.3) is 0 Å². The number of nitriles is 1. The molecule has 0 spiro atoms. The Morgan fingerprint density at radius 2 is 2.28 bits per heavy atom. The van der Waals surface area contributed by atoms with Crippen LogP contribution < -0.4 is 10.6 Å². The van der Waals surface area contributed by atoms with Gasteiger partial charge in [-0.1, -0.05) is 0 Å². The van der Waals surface area contributed by atoms with Gasteiger partial charge in [0.05, 0.1) is 0 Å². The van der Waals surface area contributed by atoms with Crippen molar-refractivity contribution in [3.63, 3.8) is 0 Å². The van der Waals surface area contributed by atoms with E-state index in [0.717, 1.165) is 5.56 Å². The van der Waals surface area contributed by atoms with Crippen molar-refractivity contribution in [1.29, 1.82) is 5.26 Å². The molecule has 0 aliphatic carbocycles.